The highest BCUT2D eigenvalue weighted by Crippen LogP contribution is 2.39. The van der Waals surface area contributed by atoms with E-state index in [2.05, 4.69) is 0 Å². The molecule has 0 bridgehead atoms. The molecular weight excluding hydrogens is 380 g/mol. The first-order valence-electron chi connectivity index (χ1n) is 10.2. The lowest BCUT2D eigenvalue weighted by Gasteiger charge is -2.24. The summed E-state index contributed by atoms with van der Waals surface area (Å²) in [7, 11) is 0. The van der Waals surface area contributed by atoms with Gasteiger partial charge in [-0.3, -0.25) is 0 Å². The lowest BCUT2D eigenvalue weighted by atomic mass is 10.1. The van der Waals surface area contributed by atoms with Gasteiger partial charge in [0.15, 0.2) is 12.1 Å². The van der Waals surface area contributed by atoms with Crippen molar-refractivity contribution in [2.24, 2.45) is 0 Å². The molecule has 158 valence electrons. The molecule has 0 radical (unpaired) electrons. The molecule has 0 aliphatic carbocycles. The predicted molar refractivity (Wildman–Crippen MR) is 114 cm³/mol. The van der Waals surface area contributed by atoms with Gasteiger partial charge in [0.1, 0.15) is 18.3 Å². The van der Waals surface area contributed by atoms with Crippen LogP contribution in [0.2, 0.25) is 0 Å². The van der Waals surface area contributed by atoms with Crippen molar-refractivity contribution < 1.29 is 23.7 Å². The van der Waals surface area contributed by atoms with Crippen LogP contribution in [0, 0.1) is 0 Å². The van der Waals surface area contributed by atoms with E-state index in [0.29, 0.717) is 6.61 Å². The molecule has 2 aromatic rings. The Labute approximate surface area is 177 Å². The van der Waals surface area contributed by atoms with E-state index in [4.69, 9.17) is 23.7 Å². The molecule has 0 spiro atoms. The molecule has 5 heteroatoms. The van der Waals surface area contributed by atoms with Gasteiger partial charge < -0.3 is 23.7 Å². The van der Waals surface area contributed by atoms with Gasteiger partial charge in [0, 0.05) is 0 Å². The molecular formula is C25H28O5. The summed E-state index contributed by atoms with van der Waals surface area (Å²) in [6.07, 6.45) is 3.82. The highest BCUT2D eigenvalue weighted by atomic mass is 16.8. The fourth-order valence-corrected chi connectivity index (χ4v) is 3.65. The summed E-state index contributed by atoms with van der Waals surface area (Å²) in [6.45, 7) is 6.25. The number of fused-ring (bicyclic) bond motifs is 1. The van der Waals surface area contributed by atoms with Gasteiger partial charge in [-0.05, 0) is 43.5 Å². The highest BCUT2D eigenvalue weighted by molar-refractivity contribution is 5.62. The van der Waals surface area contributed by atoms with Crippen molar-refractivity contribution in [3.05, 3.63) is 90.4 Å². The van der Waals surface area contributed by atoms with Crippen LogP contribution >= 0.6 is 0 Å². The standard InChI is InChI=1S/C25H28O5/c1-18(20-12-8-5-9-13-20)16-26-15-14-21-22(27-17-19-10-6-4-7-11-19)23-24(28-21)30-25(2,3)29-23/h4-16,21-24H,17H2,1-3H3/b15-14-,18-16+/t21-,22+,23-,24-/m1/s1. The Hall–Kier alpha value is -2.44. The van der Waals surface area contributed by atoms with Crippen molar-refractivity contribution in [3.8, 4) is 0 Å². The normalized spacial score (nSPS) is 28.0. The predicted octanol–water partition coefficient (Wildman–Crippen LogP) is 5.04. The highest BCUT2D eigenvalue weighted by Gasteiger charge is 2.54. The van der Waals surface area contributed by atoms with E-state index in [0.717, 1.165) is 16.7 Å². The van der Waals surface area contributed by atoms with Gasteiger partial charge in [0.05, 0.1) is 19.1 Å². The lowest BCUT2D eigenvalue weighted by Crippen LogP contribution is -2.36. The smallest absolute Gasteiger partial charge is 0.190 e. The van der Waals surface area contributed by atoms with E-state index in [1.807, 2.05) is 87.5 Å². The van der Waals surface area contributed by atoms with Crippen LogP contribution in [0.15, 0.2) is 79.3 Å². The quantitative estimate of drug-likeness (QED) is 0.601. The van der Waals surface area contributed by atoms with Crippen molar-refractivity contribution in [3.63, 3.8) is 0 Å². The third kappa shape index (κ3) is 4.99. The van der Waals surface area contributed by atoms with Crippen molar-refractivity contribution in [1.29, 1.82) is 0 Å². The molecule has 4 rings (SSSR count). The SMILES string of the molecule is C/C(=C\O/C=C\[C@H]1O[C@@H]2OC(C)(C)O[C@@H]2[C@H]1OCc1ccccc1)c1ccccc1. The summed E-state index contributed by atoms with van der Waals surface area (Å²) in [5.74, 6) is -0.690. The number of allylic oxidation sites excluding steroid dienone is 1. The average Bonchev–Trinajstić information content (AvgIpc) is 3.22. The van der Waals surface area contributed by atoms with Crippen molar-refractivity contribution in [2.45, 2.75) is 57.8 Å². The molecule has 0 saturated carbocycles. The molecule has 2 fully saturated rings. The number of rotatable bonds is 7. The fraction of sp³-hybridized carbons (Fsp3) is 0.360. The van der Waals surface area contributed by atoms with Gasteiger partial charge in [-0.2, -0.15) is 0 Å². The van der Waals surface area contributed by atoms with E-state index in [-0.39, 0.29) is 18.3 Å². The van der Waals surface area contributed by atoms with Gasteiger partial charge in [0.25, 0.3) is 0 Å². The zero-order valence-corrected chi connectivity index (χ0v) is 17.6. The third-order valence-electron chi connectivity index (χ3n) is 5.13. The van der Waals surface area contributed by atoms with Crippen LogP contribution in [0.25, 0.3) is 5.57 Å². The summed E-state index contributed by atoms with van der Waals surface area (Å²) in [5, 5.41) is 0. The summed E-state index contributed by atoms with van der Waals surface area (Å²) in [5.41, 5.74) is 3.25. The number of benzene rings is 2. The first kappa shape index (κ1) is 20.8. The molecule has 30 heavy (non-hydrogen) atoms. The molecule has 2 aromatic carbocycles. The Balaban J connectivity index is 1.41. The van der Waals surface area contributed by atoms with Crippen LogP contribution in [-0.4, -0.2) is 30.4 Å². The minimum atomic E-state index is -0.690. The molecule has 2 heterocycles. The first-order chi connectivity index (χ1) is 14.5. The summed E-state index contributed by atoms with van der Waals surface area (Å²) < 4.78 is 29.8. The average molecular weight is 408 g/mol. The molecule has 4 atom stereocenters. The van der Waals surface area contributed by atoms with Gasteiger partial charge >= 0.3 is 0 Å². The second-order valence-corrected chi connectivity index (χ2v) is 7.96. The molecule has 0 amide bonds. The fourth-order valence-electron chi connectivity index (χ4n) is 3.65. The Morgan fingerprint density at radius 3 is 2.43 bits per heavy atom. The maximum absolute atomic E-state index is 6.20. The van der Waals surface area contributed by atoms with E-state index in [1.54, 1.807) is 12.5 Å². The van der Waals surface area contributed by atoms with Crippen LogP contribution in [0.1, 0.15) is 31.9 Å². The molecule has 0 N–H and O–H groups in total. The third-order valence-corrected chi connectivity index (χ3v) is 5.13. The largest absolute Gasteiger partial charge is 0.473 e. The maximum Gasteiger partial charge on any atom is 0.190 e. The van der Waals surface area contributed by atoms with E-state index in [1.165, 1.54) is 0 Å². The van der Waals surface area contributed by atoms with E-state index >= 15 is 0 Å². The van der Waals surface area contributed by atoms with E-state index < -0.39 is 12.1 Å². The summed E-state index contributed by atoms with van der Waals surface area (Å²) in [4.78, 5) is 0. The molecule has 5 nitrogen and oxygen atoms in total. The maximum atomic E-state index is 6.20. The first-order valence-corrected chi connectivity index (χ1v) is 10.2. The Bertz CT molecular complexity index is 875. The van der Waals surface area contributed by atoms with Gasteiger partial charge in [-0.1, -0.05) is 60.7 Å². The zero-order chi connectivity index (χ0) is 21.0. The number of hydrogen-bond donors (Lipinski definition) is 0. The molecule has 2 aliphatic heterocycles. The monoisotopic (exact) mass is 408 g/mol. The summed E-state index contributed by atoms with van der Waals surface area (Å²) >= 11 is 0. The minimum Gasteiger partial charge on any atom is -0.473 e. The van der Waals surface area contributed by atoms with Gasteiger partial charge in [0.2, 0.25) is 0 Å². The molecule has 0 unspecified atom stereocenters. The second kappa shape index (κ2) is 9.14. The van der Waals surface area contributed by atoms with Crippen molar-refractivity contribution in [1.82, 2.24) is 0 Å². The number of ether oxygens (including phenoxy) is 5. The van der Waals surface area contributed by atoms with Crippen LogP contribution in [0.3, 0.4) is 0 Å². The minimum absolute atomic E-state index is 0.292. The molecule has 2 saturated heterocycles. The van der Waals surface area contributed by atoms with E-state index in [9.17, 15) is 0 Å². The zero-order valence-electron chi connectivity index (χ0n) is 17.6. The Morgan fingerprint density at radius 2 is 1.70 bits per heavy atom. The molecule has 0 aromatic heterocycles. The topological polar surface area (TPSA) is 46.2 Å². The number of hydrogen-bond acceptors (Lipinski definition) is 5. The van der Waals surface area contributed by atoms with Crippen molar-refractivity contribution in [2.75, 3.05) is 0 Å². The Kier molecular flexibility index (Phi) is 6.35. The van der Waals surface area contributed by atoms with Crippen molar-refractivity contribution >= 4 is 5.57 Å². The summed E-state index contributed by atoms with van der Waals surface area (Å²) in [6, 6.07) is 20.1. The Morgan fingerprint density at radius 1 is 1.00 bits per heavy atom. The van der Waals surface area contributed by atoms with Crippen LogP contribution in [0.4, 0.5) is 0 Å². The lowest BCUT2D eigenvalue weighted by molar-refractivity contribution is -0.213. The van der Waals surface area contributed by atoms with Crippen LogP contribution in [0.5, 0.6) is 0 Å². The van der Waals surface area contributed by atoms with Gasteiger partial charge in [-0.15, -0.1) is 0 Å². The molecule has 2 aliphatic rings. The van der Waals surface area contributed by atoms with Gasteiger partial charge in [-0.25, -0.2) is 0 Å². The van der Waals surface area contributed by atoms with Crippen LogP contribution < -0.4 is 0 Å². The van der Waals surface area contributed by atoms with Crippen LogP contribution in [-0.2, 0) is 30.3 Å². The second-order valence-electron chi connectivity index (χ2n) is 7.96.